The first kappa shape index (κ1) is 12.8. The first-order chi connectivity index (χ1) is 8.02. The molecule has 1 aliphatic heterocycles. The molecular weight excluding hydrogens is 241 g/mol. The Hall–Kier alpha value is -0.640. The van der Waals surface area contributed by atoms with E-state index in [9.17, 15) is 9.50 Å². The Morgan fingerprint density at radius 1 is 1.47 bits per heavy atom. The zero-order chi connectivity index (χ0) is 12.5. The molecule has 1 heterocycles. The van der Waals surface area contributed by atoms with Crippen molar-refractivity contribution < 1.29 is 9.50 Å². The maximum absolute atomic E-state index is 13.1. The summed E-state index contributed by atoms with van der Waals surface area (Å²) in [5.74, 6) is -0.270. The van der Waals surface area contributed by atoms with Gasteiger partial charge in [0, 0.05) is 24.7 Å². The van der Waals surface area contributed by atoms with Gasteiger partial charge in [0.25, 0.3) is 0 Å². The molecule has 1 aromatic carbocycles. The summed E-state index contributed by atoms with van der Waals surface area (Å²) in [5, 5.41) is 10.6. The molecule has 4 heteroatoms. The molecule has 2 rings (SSSR count). The number of benzene rings is 1. The van der Waals surface area contributed by atoms with Crippen molar-refractivity contribution >= 4 is 11.6 Å². The van der Waals surface area contributed by atoms with Crippen LogP contribution >= 0.6 is 11.6 Å². The molecule has 1 aliphatic rings. The third kappa shape index (κ3) is 2.97. The van der Waals surface area contributed by atoms with E-state index in [0.29, 0.717) is 24.7 Å². The smallest absolute Gasteiger partial charge is 0.123 e. The minimum atomic E-state index is -0.547. The van der Waals surface area contributed by atoms with Crippen LogP contribution in [-0.4, -0.2) is 28.7 Å². The van der Waals surface area contributed by atoms with Crippen molar-refractivity contribution in [2.45, 2.75) is 31.9 Å². The molecule has 1 N–H and O–H groups in total. The van der Waals surface area contributed by atoms with Crippen LogP contribution < -0.4 is 0 Å². The molecule has 0 saturated carbocycles. The van der Waals surface area contributed by atoms with Crippen molar-refractivity contribution in [3.8, 4) is 0 Å². The van der Waals surface area contributed by atoms with E-state index in [-0.39, 0.29) is 5.82 Å². The molecule has 0 aromatic heterocycles. The number of hydrogen-bond acceptors (Lipinski definition) is 2. The van der Waals surface area contributed by atoms with Crippen molar-refractivity contribution in [3.05, 3.63) is 34.6 Å². The Bertz CT molecular complexity index is 404. The fourth-order valence-corrected chi connectivity index (χ4v) is 2.60. The Labute approximate surface area is 106 Å². The molecule has 94 valence electrons. The van der Waals surface area contributed by atoms with Crippen LogP contribution in [0.4, 0.5) is 4.39 Å². The van der Waals surface area contributed by atoms with Crippen LogP contribution in [0.15, 0.2) is 18.2 Å². The summed E-state index contributed by atoms with van der Waals surface area (Å²) in [6.07, 6.45) is 1.80. The number of hydrogen-bond donors (Lipinski definition) is 1. The van der Waals surface area contributed by atoms with E-state index in [4.69, 9.17) is 11.6 Å². The van der Waals surface area contributed by atoms with Crippen LogP contribution in [0, 0.1) is 5.82 Å². The second-order valence-electron chi connectivity index (χ2n) is 4.86. The van der Waals surface area contributed by atoms with E-state index in [1.54, 1.807) is 6.07 Å². The van der Waals surface area contributed by atoms with Crippen molar-refractivity contribution in [3.63, 3.8) is 0 Å². The molecule has 1 fully saturated rings. The highest BCUT2D eigenvalue weighted by molar-refractivity contribution is 6.31. The molecule has 17 heavy (non-hydrogen) atoms. The minimum Gasteiger partial charge on any atom is -0.387 e. The summed E-state index contributed by atoms with van der Waals surface area (Å²) in [5.41, 5.74) is 0.236. The third-order valence-electron chi connectivity index (χ3n) is 3.15. The fourth-order valence-electron chi connectivity index (χ4n) is 2.43. The van der Waals surface area contributed by atoms with E-state index in [1.165, 1.54) is 12.1 Å². The molecule has 1 aromatic rings. The van der Waals surface area contributed by atoms with E-state index >= 15 is 0 Å². The number of rotatable bonds is 4. The standard InChI is InChI=1S/C13H17ClFNO/c1-2-5-13(17)8-16(9-13)7-10-6-11(15)3-4-12(10)14/h3-4,6,17H,2,5,7-9H2,1H3. The zero-order valence-corrected chi connectivity index (χ0v) is 10.7. The highest BCUT2D eigenvalue weighted by Gasteiger charge is 2.39. The molecule has 0 atom stereocenters. The van der Waals surface area contributed by atoms with Crippen molar-refractivity contribution in [2.24, 2.45) is 0 Å². The third-order valence-corrected chi connectivity index (χ3v) is 3.52. The van der Waals surface area contributed by atoms with Crippen LogP contribution in [0.2, 0.25) is 5.02 Å². The van der Waals surface area contributed by atoms with Crippen LogP contribution in [0.5, 0.6) is 0 Å². The van der Waals surface area contributed by atoms with Gasteiger partial charge in [0.2, 0.25) is 0 Å². The molecule has 0 aliphatic carbocycles. The van der Waals surface area contributed by atoms with Gasteiger partial charge in [-0.2, -0.15) is 0 Å². The van der Waals surface area contributed by atoms with E-state index in [1.807, 2.05) is 0 Å². The lowest BCUT2D eigenvalue weighted by atomic mass is 9.89. The molecule has 0 spiro atoms. The lowest BCUT2D eigenvalue weighted by molar-refractivity contribution is -0.106. The SMILES string of the molecule is CCCC1(O)CN(Cc2cc(F)ccc2Cl)C1. The van der Waals surface area contributed by atoms with Crippen molar-refractivity contribution in [1.82, 2.24) is 4.90 Å². The summed E-state index contributed by atoms with van der Waals surface area (Å²) < 4.78 is 13.1. The Balaban J connectivity index is 1.93. The van der Waals surface area contributed by atoms with Gasteiger partial charge in [-0.1, -0.05) is 24.9 Å². The van der Waals surface area contributed by atoms with Gasteiger partial charge < -0.3 is 5.11 Å². The van der Waals surface area contributed by atoms with Crippen LogP contribution in [0.1, 0.15) is 25.3 Å². The van der Waals surface area contributed by atoms with Gasteiger partial charge in [0.05, 0.1) is 5.60 Å². The van der Waals surface area contributed by atoms with Crippen LogP contribution in [0.25, 0.3) is 0 Å². The van der Waals surface area contributed by atoms with E-state index in [2.05, 4.69) is 11.8 Å². The van der Waals surface area contributed by atoms with Gasteiger partial charge in [0.15, 0.2) is 0 Å². The van der Waals surface area contributed by atoms with Crippen LogP contribution in [0.3, 0.4) is 0 Å². The number of likely N-dealkylation sites (tertiary alicyclic amines) is 1. The monoisotopic (exact) mass is 257 g/mol. The van der Waals surface area contributed by atoms with Gasteiger partial charge >= 0.3 is 0 Å². The van der Waals surface area contributed by atoms with Gasteiger partial charge in [-0.05, 0) is 30.2 Å². The van der Waals surface area contributed by atoms with Gasteiger partial charge in [-0.15, -0.1) is 0 Å². The second kappa shape index (κ2) is 4.92. The first-order valence-electron chi connectivity index (χ1n) is 5.91. The highest BCUT2D eigenvalue weighted by atomic mass is 35.5. The number of halogens is 2. The maximum atomic E-state index is 13.1. The van der Waals surface area contributed by atoms with Gasteiger partial charge in [-0.3, -0.25) is 4.90 Å². The molecule has 2 nitrogen and oxygen atoms in total. The topological polar surface area (TPSA) is 23.5 Å². The Morgan fingerprint density at radius 3 is 2.82 bits per heavy atom. The normalized spacial score (nSPS) is 19.1. The average Bonchev–Trinajstić information content (AvgIpc) is 2.21. The van der Waals surface area contributed by atoms with Crippen LogP contribution in [-0.2, 0) is 6.54 Å². The number of nitrogens with zero attached hydrogens (tertiary/aromatic N) is 1. The summed E-state index contributed by atoms with van der Waals surface area (Å²) in [6.45, 7) is 3.95. The van der Waals surface area contributed by atoms with Gasteiger partial charge in [-0.25, -0.2) is 4.39 Å². The van der Waals surface area contributed by atoms with Gasteiger partial charge in [0.1, 0.15) is 5.82 Å². The van der Waals surface area contributed by atoms with E-state index in [0.717, 1.165) is 18.4 Å². The lowest BCUT2D eigenvalue weighted by Crippen LogP contribution is -2.60. The maximum Gasteiger partial charge on any atom is 0.123 e. The average molecular weight is 258 g/mol. The summed E-state index contributed by atoms with van der Waals surface area (Å²) in [6, 6.07) is 4.39. The number of β-amino-alcohol motifs (C(OH)–C–C–N with tert-alkyl or cyclic N) is 1. The zero-order valence-electron chi connectivity index (χ0n) is 9.92. The predicted octanol–water partition coefficient (Wildman–Crippen LogP) is 2.83. The highest BCUT2D eigenvalue weighted by Crippen LogP contribution is 2.29. The first-order valence-corrected chi connectivity index (χ1v) is 6.29. The molecule has 0 radical (unpaired) electrons. The minimum absolute atomic E-state index is 0.270. The number of aliphatic hydroxyl groups is 1. The largest absolute Gasteiger partial charge is 0.387 e. The van der Waals surface area contributed by atoms with E-state index < -0.39 is 5.60 Å². The molecular formula is C13H17ClFNO. The quantitative estimate of drug-likeness (QED) is 0.897. The van der Waals surface area contributed by atoms with Crippen molar-refractivity contribution in [1.29, 1.82) is 0 Å². The molecule has 0 unspecified atom stereocenters. The second-order valence-corrected chi connectivity index (χ2v) is 5.26. The molecule has 1 saturated heterocycles. The molecule has 0 bridgehead atoms. The fraction of sp³-hybridized carbons (Fsp3) is 0.538. The summed E-state index contributed by atoms with van der Waals surface area (Å²) >= 11 is 6.00. The Kier molecular flexibility index (Phi) is 3.71. The summed E-state index contributed by atoms with van der Waals surface area (Å²) in [7, 11) is 0. The predicted molar refractivity (Wildman–Crippen MR) is 66.5 cm³/mol. The molecule has 0 amide bonds. The summed E-state index contributed by atoms with van der Waals surface area (Å²) in [4.78, 5) is 2.08. The Morgan fingerprint density at radius 2 is 2.18 bits per heavy atom. The van der Waals surface area contributed by atoms with Crippen molar-refractivity contribution in [2.75, 3.05) is 13.1 Å². The lowest BCUT2D eigenvalue weighted by Gasteiger charge is -2.46.